The first-order valence-electron chi connectivity index (χ1n) is 6.83. The van der Waals surface area contributed by atoms with Crippen molar-refractivity contribution in [1.82, 2.24) is 4.90 Å². The third kappa shape index (κ3) is 3.95. The zero-order valence-electron chi connectivity index (χ0n) is 12.0. The van der Waals surface area contributed by atoms with E-state index in [9.17, 15) is 4.79 Å². The van der Waals surface area contributed by atoms with Crippen LogP contribution < -0.4 is 4.74 Å². The molecule has 0 bridgehead atoms. The molecule has 1 aromatic rings. The molecule has 0 aromatic heterocycles. The number of morpholine rings is 1. The topological polar surface area (TPSA) is 59.0 Å². The summed E-state index contributed by atoms with van der Waals surface area (Å²) in [5, 5.41) is 8.94. The molecule has 1 N–H and O–H groups in total. The minimum atomic E-state index is -0.898. The van der Waals surface area contributed by atoms with Gasteiger partial charge < -0.3 is 14.6 Å². The van der Waals surface area contributed by atoms with Gasteiger partial charge in [-0.1, -0.05) is 12.1 Å². The van der Waals surface area contributed by atoms with Gasteiger partial charge in [-0.2, -0.15) is 0 Å². The summed E-state index contributed by atoms with van der Waals surface area (Å²) in [7, 11) is 0. The van der Waals surface area contributed by atoms with Crippen molar-refractivity contribution in [3.63, 3.8) is 0 Å². The van der Waals surface area contributed by atoms with Crippen LogP contribution in [0.4, 0.5) is 0 Å². The van der Waals surface area contributed by atoms with E-state index in [0.29, 0.717) is 26.3 Å². The standard InChI is InChI=1S/C15H21NO4/c1-11-3-4-12(2)13(9-11)19-7-5-16-6-8-20-14(10-16)15(17)18/h3-4,9,14H,5-8,10H2,1-2H3,(H,17,18). The second-order valence-corrected chi connectivity index (χ2v) is 5.12. The SMILES string of the molecule is Cc1ccc(C)c(OCCN2CCOC(C(=O)O)C2)c1. The summed E-state index contributed by atoms with van der Waals surface area (Å²) in [6.07, 6.45) is -0.718. The minimum Gasteiger partial charge on any atom is -0.492 e. The van der Waals surface area contributed by atoms with Crippen molar-refractivity contribution in [2.75, 3.05) is 32.8 Å². The summed E-state index contributed by atoms with van der Waals surface area (Å²) in [5.41, 5.74) is 2.28. The average molecular weight is 279 g/mol. The maximum atomic E-state index is 10.9. The van der Waals surface area contributed by atoms with Gasteiger partial charge in [0.15, 0.2) is 6.10 Å². The fourth-order valence-corrected chi connectivity index (χ4v) is 2.20. The third-order valence-corrected chi connectivity index (χ3v) is 3.43. The largest absolute Gasteiger partial charge is 0.492 e. The second kappa shape index (κ2) is 6.72. The Balaban J connectivity index is 1.80. The van der Waals surface area contributed by atoms with Crippen LogP contribution in [0.15, 0.2) is 18.2 Å². The number of carboxylic acid groups (broad SMARTS) is 1. The molecule has 20 heavy (non-hydrogen) atoms. The molecule has 1 aromatic carbocycles. The van der Waals surface area contributed by atoms with Gasteiger partial charge in [0.05, 0.1) is 6.61 Å². The van der Waals surface area contributed by atoms with Crippen LogP contribution >= 0.6 is 0 Å². The molecular formula is C15H21NO4. The molecule has 1 atom stereocenters. The van der Waals surface area contributed by atoms with Crippen molar-refractivity contribution in [2.45, 2.75) is 20.0 Å². The van der Waals surface area contributed by atoms with Crippen molar-refractivity contribution in [2.24, 2.45) is 0 Å². The molecule has 1 aliphatic rings. The van der Waals surface area contributed by atoms with Crippen LogP contribution in [0.1, 0.15) is 11.1 Å². The predicted octanol–water partition coefficient (Wildman–Crippen LogP) is 1.47. The molecule has 5 nitrogen and oxygen atoms in total. The monoisotopic (exact) mass is 279 g/mol. The van der Waals surface area contributed by atoms with E-state index in [1.165, 1.54) is 5.56 Å². The number of nitrogens with zero attached hydrogens (tertiary/aromatic N) is 1. The first-order chi connectivity index (χ1) is 9.56. The Morgan fingerprint density at radius 3 is 3.05 bits per heavy atom. The normalized spacial score (nSPS) is 19.8. The molecule has 1 saturated heterocycles. The molecule has 0 aliphatic carbocycles. The molecule has 0 radical (unpaired) electrons. The number of carbonyl (C=O) groups is 1. The van der Waals surface area contributed by atoms with Crippen LogP contribution in [0.25, 0.3) is 0 Å². The lowest BCUT2D eigenvalue weighted by Gasteiger charge is -2.30. The Morgan fingerprint density at radius 2 is 2.30 bits per heavy atom. The molecule has 0 saturated carbocycles. The molecule has 1 unspecified atom stereocenters. The molecule has 0 amide bonds. The Labute approximate surface area is 119 Å². The summed E-state index contributed by atoms with van der Waals surface area (Å²) in [5.74, 6) is -0.00168. The number of hydrogen-bond acceptors (Lipinski definition) is 4. The molecule has 1 fully saturated rings. The highest BCUT2D eigenvalue weighted by molar-refractivity contribution is 5.72. The van der Waals surface area contributed by atoms with E-state index < -0.39 is 12.1 Å². The smallest absolute Gasteiger partial charge is 0.334 e. The van der Waals surface area contributed by atoms with Crippen molar-refractivity contribution in [3.8, 4) is 5.75 Å². The van der Waals surface area contributed by atoms with Crippen molar-refractivity contribution < 1.29 is 19.4 Å². The number of aryl methyl sites for hydroxylation is 2. The maximum Gasteiger partial charge on any atom is 0.334 e. The third-order valence-electron chi connectivity index (χ3n) is 3.43. The lowest BCUT2D eigenvalue weighted by molar-refractivity contribution is -0.156. The van der Waals surface area contributed by atoms with Crippen LogP contribution in [-0.2, 0) is 9.53 Å². The number of rotatable bonds is 5. The summed E-state index contributed by atoms with van der Waals surface area (Å²) >= 11 is 0. The van der Waals surface area contributed by atoms with Gasteiger partial charge in [-0.25, -0.2) is 4.79 Å². The lowest BCUT2D eigenvalue weighted by Crippen LogP contribution is -2.47. The fraction of sp³-hybridized carbons (Fsp3) is 0.533. The Hall–Kier alpha value is -1.59. The first-order valence-corrected chi connectivity index (χ1v) is 6.83. The van der Waals surface area contributed by atoms with E-state index in [1.807, 2.05) is 26.0 Å². The fourth-order valence-electron chi connectivity index (χ4n) is 2.20. The van der Waals surface area contributed by atoms with E-state index in [1.54, 1.807) is 0 Å². The molecular weight excluding hydrogens is 258 g/mol. The first kappa shape index (κ1) is 14.8. The molecule has 0 spiro atoms. The zero-order chi connectivity index (χ0) is 14.5. The summed E-state index contributed by atoms with van der Waals surface area (Å²) < 4.78 is 11.0. The zero-order valence-corrected chi connectivity index (χ0v) is 12.0. The average Bonchev–Trinajstić information content (AvgIpc) is 2.43. The van der Waals surface area contributed by atoms with Gasteiger partial charge in [0.2, 0.25) is 0 Å². The Morgan fingerprint density at radius 1 is 1.50 bits per heavy atom. The molecule has 110 valence electrons. The van der Waals surface area contributed by atoms with E-state index in [4.69, 9.17) is 14.6 Å². The highest BCUT2D eigenvalue weighted by Crippen LogP contribution is 2.19. The van der Waals surface area contributed by atoms with Gasteiger partial charge in [0.1, 0.15) is 12.4 Å². The van der Waals surface area contributed by atoms with E-state index in [0.717, 1.165) is 17.9 Å². The number of aliphatic carboxylic acids is 1. The number of ether oxygens (including phenoxy) is 2. The van der Waals surface area contributed by atoms with E-state index >= 15 is 0 Å². The van der Waals surface area contributed by atoms with E-state index in [2.05, 4.69) is 11.0 Å². The Bertz CT molecular complexity index is 475. The van der Waals surface area contributed by atoms with Crippen molar-refractivity contribution >= 4 is 5.97 Å². The molecule has 1 heterocycles. The lowest BCUT2D eigenvalue weighted by atomic mass is 10.1. The van der Waals surface area contributed by atoms with Gasteiger partial charge in [-0.3, -0.25) is 4.90 Å². The van der Waals surface area contributed by atoms with Crippen LogP contribution in [0, 0.1) is 13.8 Å². The van der Waals surface area contributed by atoms with Gasteiger partial charge in [-0.05, 0) is 31.0 Å². The predicted molar refractivity (Wildman–Crippen MR) is 75.2 cm³/mol. The van der Waals surface area contributed by atoms with Crippen LogP contribution in [-0.4, -0.2) is 54.9 Å². The number of carboxylic acids is 1. The summed E-state index contributed by atoms with van der Waals surface area (Å²) in [4.78, 5) is 13.0. The van der Waals surface area contributed by atoms with Gasteiger partial charge in [0.25, 0.3) is 0 Å². The molecule has 2 rings (SSSR count). The number of benzene rings is 1. The van der Waals surface area contributed by atoms with Crippen LogP contribution in [0.5, 0.6) is 5.75 Å². The molecule has 5 heteroatoms. The second-order valence-electron chi connectivity index (χ2n) is 5.12. The maximum absolute atomic E-state index is 10.9. The summed E-state index contributed by atoms with van der Waals surface area (Å²) in [6.45, 7) is 6.94. The van der Waals surface area contributed by atoms with Gasteiger partial charge in [-0.15, -0.1) is 0 Å². The minimum absolute atomic E-state index is 0.422. The quantitative estimate of drug-likeness (QED) is 0.884. The van der Waals surface area contributed by atoms with Gasteiger partial charge in [0, 0.05) is 19.6 Å². The van der Waals surface area contributed by atoms with Gasteiger partial charge >= 0.3 is 5.97 Å². The van der Waals surface area contributed by atoms with Crippen molar-refractivity contribution in [1.29, 1.82) is 0 Å². The van der Waals surface area contributed by atoms with Crippen LogP contribution in [0.2, 0.25) is 0 Å². The van der Waals surface area contributed by atoms with Crippen molar-refractivity contribution in [3.05, 3.63) is 29.3 Å². The highest BCUT2D eigenvalue weighted by atomic mass is 16.5. The molecule has 1 aliphatic heterocycles. The Kier molecular flexibility index (Phi) is 4.98. The highest BCUT2D eigenvalue weighted by Gasteiger charge is 2.25. The number of hydrogen-bond donors (Lipinski definition) is 1. The summed E-state index contributed by atoms with van der Waals surface area (Å²) in [6, 6.07) is 6.12. The van der Waals surface area contributed by atoms with E-state index in [-0.39, 0.29) is 0 Å². The van der Waals surface area contributed by atoms with Crippen LogP contribution in [0.3, 0.4) is 0 Å².